The van der Waals surface area contributed by atoms with Crippen molar-refractivity contribution in [3.05, 3.63) is 65.7 Å². The van der Waals surface area contributed by atoms with E-state index < -0.39 is 18.3 Å². The van der Waals surface area contributed by atoms with Crippen LogP contribution in [-0.4, -0.2) is 41.4 Å². The lowest BCUT2D eigenvalue weighted by Gasteiger charge is -2.11. The molecule has 0 atom stereocenters. The molecular formula is C23H21N3O5. The molecule has 2 aromatic carbocycles. The predicted molar refractivity (Wildman–Crippen MR) is 115 cm³/mol. The van der Waals surface area contributed by atoms with E-state index in [1.54, 1.807) is 24.3 Å². The Morgan fingerprint density at radius 3 is 2.74 bits per heavy atom. The van der Waals surface area contributed by atoms with Gasteiger partial charge in [0.25, 0.3) is 0 Å². The Morgan fingerprint density at radius 1 is 1.23 bits per heavy atom. The molecule has 0 aliphatic carbocycles. The highest BCUT2D eigenvalue weighted by Gasteiger charge is 2.15. The number of benzene rings is 2. The van der Waals surface area contributed by atoms with E-state index in [0.717, 1.165) is 11.1 Å². The van der Waals surface area contributed by atoms with E-state index in [1.165, 1.54) is 7.11 Å². The van der Waals surface area contributed by atoms with Crippen LogP contribution in [0.5, 0.6) is 11.5 Å². The summed E-state index contributed by atoms with van der Waals surface area (Å²) in [7, 11) is 1.50. The maximum absolute atomic E-state index is 12.0. The van der Waals surface area contributed by atoms with Crippen molar-refractivity contribution in [3.63, 3.8) is 0 Å². The number of aromatic nitrogens is 2. The van der Waals surface area contributed by atoms with E-state index in [4.69, 9.17) is 14.2 Å². The van der Waals surface area contributed by atoms with Gasteiger partial charge < -0.3 is 24.3 Å². The van der Waals surface area contributed by atoms with Crippen LogP contribution in [-0.2, 0) is 9.53 Å². The summed E-state index contributed by atoms with van der Waals surface area (Å²) in [5.41, 5.74) is 2.20. The molecule has 0 spiro atoms. The van der Waals surface area contributed by atoms with Gasteiger partial charge in [-0.2, -0.15) is 5.26 Å². The van der Waals surface area contributed by atoms with Gasteiger partial charge in [-0.3, -0.25) is 0 Å². The van der Waals surface area contributed by atoms with Crippen molar-refractivity contribution in [1.82, 2.24) is 9.97 Å². The van der Waals surface area contributed by atoms with Crippen molar-refractivity contribution in [2.45, 2.75) is 6.92 Å². The van der Waals surface area contributed by atoms with Gasteiger partial charge in [-0.1, -0.05) is 30.4 Å². The highest BCUT2D eigenvalue weighted by atomic mass is 16.6. The van der Waals surface area contributed by atoms with E-state index in [2.05, 4.69) is 9.97 Å². The Morgan fingerprint density at radius 2 is 2.03 bits per heavy atom. The Hall–Kier alpha value is -4.25. The number of nitrogens with zero attached hydrogens (tertiary/aromatic N) is 2. The fraction of sp³-hybridized carbons (Fsp3) is 0.174. The molecule has 0 saturated carbocycles. The number of esters is 1. The van der Waals surface area contributed by atoms with Gasteiger partial charge in [-0.25, -0.2) is 9.78 Å². The van der Waals surface area contributed by atoms with E-state index in [0.29, 0.717) is 17.0 Å². The first-order chi connectivity index (χ1) is 15.0. The number of hydrogen-bond acceptors (Lipinski definition) is 7. The molecule has 0 aliphatic rings. The number of carbonyl (C=O) groups excluding carboxylic acids is 1. The molecule has 0 unspecified atom stereocenters. The van der Waals surface area contributed by atoms with Gasteiger partial charge in [0, 0.05) is 0 Å². The summed E-state index contributed by atoms with van der Waals surface area (Å²) < 4.78 is 15.8. The van der Waals surface area contributed by atoms with Gasteiger partial charge in [0.1, 0.15) is 18.2 Å². The van der Waals surface area contributed by atoms with E-state index in [9.17, 15) is 15.2 Å². The number of para-hydroxylation sites is 2. The molecule has 3 rings (SSSR count). The van der Waals surface area contributed by atoms with Gasteiger partial charge in [0.05, 0.1) is 18.1 Å². The van der Waals surface area contributed by atoms with Gasteiger partial charge in [-0.15, -0.1) is 0 Å². The van der Waals surface area contributed by atoms with Crippen LogP contribution in [0.1, 0.15) is 18.3 Å². The van der Waals surface area contributed by atoms with Crippen LogP contribution in [0.15, 0.2) is 54.3 Å². The van der Waals surface area contributed by atoms with Crippen molar-refractivity contribution in [2.24, 2.45) is 0 Å². The molecule has 1 heterocycles. The molecule has 0 bridgehead atoms. The summed E-state index contributed by atoms with van der Waals surface area (Å²) in [6.45, 7) is 1.03. The first kappa shape index (κ1) is 21.5. The zero-order chi connectivity index (χ0) is 22.2. The van der Waals surface area contributed by atoms with E-state index >= 15 is 0 Å². The lowest BCUT2D eigenvalue weighted by atomic mass is 10.2. The molecule has 0 fully saturated rings. The second-order valence-corrected chi connectivity index (χ2v) is 6.40. The minimum Gasteiger partial charge on any atom is -0.507 e. The van der Waals surface area contributed by atoms with Gasteiger partial charge in [-0.05, 0) is 36.8 Å². The third-order valence-corrected chi connectivity index (χ3v) is 4.29. The van der Waals surface area contributed by atoms with Gasteiger partial charge >= 0.3 is 5.97 Å². The molecule has 0 amide bonds. The summed E-state index contributed by atoms with van der Waals surface area (Å²) in [6.07, 6.45) is 3.80. The molecule has 158 valence electrons. The monoisotopic (exact) mass is 419 g/mol. The number of aliphatic hydroxyl groups is 1. The van der Waals surface area contributed by atoms with E-state index in [-0.39, 0.29) is 18.0 Å². The van der Waals surface area contributed by atoms with Crippen LogP contribution in [0.3, 0.4) is 0 Å². The number of allylic oxidation sites excluding steroid dienone is 2. The van der Waals surface area contributed by atoms with Crippen LogP contribution in [0.4, 0.5) is 0 Å². The summed E-state index contributed by atoms with van der Waals surface area (Å²) in [6, 6.07) is 14.4. The number of aromatic amines is 1. The zero-order valence-electron chi connectivity index (χ0n) is 17.1. The standard InChI is InChI=1S/C23H21N3O5/c1-3-6-15-9-10-20(21(11-15)29-2)30-14-22(28)31-13-19(27)16(12-24)23-25-17-7-4-5-8-18(17)26-23/h3-11,27H,13-14H2,1-2H3,(H,25,26)/b6-3+,19-16?. The second kappa shape index (κ2) is 9.98. The maximum Gasteiger partial charge on any atom is 0.344 e. The van der Waals surface area contributed by atoms with Gasteiger partial charge in [0.2, 0.25) is 0 Å². The number of nitriles is 1. The molecule has 3 aromatic rings. The predicted octanol–water partition coefficient (Wildman–Crippen LogP) is 4.02. The Kier molecular flexibility index (Phi) is 6.91. The molecule has 2 N–H and O–H groups in total. The summed E-state index contributed by atoms with van der Waals surface area (Å²) in [5, 5.41) is 19.6. The van der Waals surface area contributed by atoms with Crippen molar-refractivity contribution in [1.29, 1.82) is 5.26 Å². The average molecular weight is 419 g/mol. The second-order valence-electron chi connectivity index (χ2n) is 6.40. The summed E-state index contributed by atoms with van der Waals surface area (Å²) in [5.74, 6) is -0.0778. The molecule has 31 heavy (non-hydrogen) atoms. The molecule has 0 radical (unpaired) electrons. The number of hydrogen-bond donors (Lipinski definition) is 2. The number of fused-ring (bicyclic) bond motifs is 1. The fourth-order valence-corrected chi connectivity index (χ4v) is 2.82. The third-order valence-electron chi connectivity index (χ3n) is 4.29. The number of aliphatic hydroxyl groups excluding tert-OH is 1. The fourth-order valence-electron chi connectivity index (χ4n) is 2.82. The Bertz CT molecular complexity index is 1150. The molecule has 0 saturated heterocycles. The number of imidazole rings is 1. The quantitative estimate of drug-likeness (QED) is 0.322. The molecule has 0 aliphatic heterocycles. The molecule has 8 heteroatoms. The van der Waals surface area contributed by atoms with Crippen LogP contribution in [0.25, 0.3) is 22.7 Å². The minimum atomic E-state index is -0.715. The van der Waals surface area contributed by atoms with Crippen LogP contribution >= 0.6 is 0 Å². The average Bonchev–Trinajstić information content (AvgIpc) is 3.21. The number of H-pyrrole nitrogens is 1. The van der Waals surface area contributed by atoms with Crippen molar-refractivity contribution < 1.29 is 24.1 Å². The van der Waals surface area contributed by atoms with Crippen molar-refractivity contribution in [3.8, 4) is 17.6 Å². The van der Waals surface area contributed by atoms with E-state index in [1.807, 2.05) is 43.3 Å². The van der Waals surface area contributed by atoms with Gasteiger partial charge in [0.15, 0.2) is 29.7 Å². The molecule has 1 aromatic heterocycles. The first-order valence-electron chi connectivity index (χ1n) is 9.42. The number of methoxy groups -OCH3 is 1. The first-order valence-corrected chi connectivity index (χ1v) is 9.42. The number of ether oxygens (including phenoxy) is 3. The number of nitrogens with one attached hydrogen (secondary N) is 1. The minimum absolute atomic E-state index is 0.105. The zero-order valence-corrected chi connectivity index (χ0v) is 17.1. The largest absolute Gasteiger partial charge is 0.507 e. The number of rotatable bonds is 8. The van der Waals surface area contributed by atoms with Crippen molar-refractivity contribution >= 4 is 28.7 Å². The summed E-state index contributed by atoms with van der Waals surface area (Å²) in [4.78, 5) is 19.3. The van der Waals surface area contributed by atoms with Crippen LogP contribution in [0.2, 0.25) is 0 Å². The topological polar surface area (TPSA) is 117 Å². The van der Waals surface area contributed by atoms with Crippen LogP contribution < -0.4 is 9.47 Å². The normalized spacial score (nSPS) is 11.8. The SMILES string of the molecule is C/C=C/c1ccc(OCC(=O)OCC(O)=C(C#N)c2nc3ccccc3[nH]2)c(OC)c1. The Balaban J connectivity index is 1.62. The smallest absolute Gasteiger partial charge is 0.344 e. The lowest BCUT2D eigenvalue weighted by molar-refractivity contribution is -0.145. The van der Waals surface area contributed by atoms with Crippen molar-refractivity contribution in [2.75, 3.05) is 20.3 Å². The lowest BCUT2D eigenvalue weighted by Crippen LogP contribution is -2.17. The Labute approximate surface area is 179 Å². The molecular weight excluding hydrogens is 398 g/mol. The maximum atomic E-state index is 12.0. The highest BCUT2D eigenvalue weighted by molar-refractivity contribution is 5.83. The third kappa shape index (κ3) is 5.22. The number of carbonyl (C=O) groups is 1. The van der Waals surface area contributed by atoms with Crippen LogP contribution in [0, 0.1) is 11.3 Å². The summed E-state index contributed by atoms with van der Waals surface area (Å²) >= 11 is 0. The highest BCUT2D eigenvalue weighted by Crippen LogP contribution is 2.28. The molecule has 8 nitrogen and oxygen atoms in total.